The van der Waals surface area contributed by atoms with Gasteiger partial charge in [0.25, 0.3) is 0 Å². The van der Waals surface area contributed by atoms with Gasteiger partial charge in [0.05, 0.1) is 18.1 Å². The molecule has 0 saturated heterocycles. The number of aliphatic carboxylic acids is 1. The molecule has 0 fully saturated rings. The summed E-state index contributed by atoms with van der Waals surface area (Å²) in [5.74, 6) is -0.996. The average molecular weight is 235 g/mol. The predicted octanol–water partition coefficient (Wildman–Crippen LogP) is 0.841. The molecule has 4 N–H and O–H groups in total. The molecule has 0 spiro atoms. The zero-order valence-corrected chi connectivity index (χ0v) is 9.04. The van der Waals surface area contributed by atoms with Crippen molar-refractivity contribution in [3.63, 3.8) is 0 Å². The second-order valence-corrected chi connectivity index (χ2v) is 3.48. The SMILES string of the molecule is N#Cc1ccc(NC(N)=S)cc1CC(=O)O. The quantitative estimate of drug-likeness (QED) is 0.671. The van der Waals surface area contributed by atoms with E-state index in [1.54, 1.807) is 12.1 Å². The van der Waals surface area contributed by atoms with Crippen LogP contribution < -0.4 is 11.1 Å². The summed E-state index contributed by atoms with van der Waals surface area (Å²) in [6.07, 6.45) is -0.213. The van der Waals surface area contributed by atoms with Crippen molar-refractivity contribution >= 4 is 29.0 Å². The van der Waals surface area contributed by atoms with Crippen molar-refractivity contribution in [3.8, 4) is 6.07 Å². The van der Waals surface area contributed by atoms with E-state index in [2.05, 4.69) is 17.5 Å². The van der Waals surface area contributed by atoms with Crippen LogP contribution in [0.2, 0.25) is 0 Å². The molecule has 1 aromatic rings. The van der Waals surface area contributed by atoms with Gasteiger partial charge in [-0.1, -0.05) is 0 Å². The maximum atomic E-state index is 10.6. The van der Waals surface area contributed by atoms with E-state index < -0.39 is 5.97 Å². The number of carbonyl (C=O) groups is 1. The molecular weight excluding hydrogens is 226 g/mol. The monoisotopic (exact) mass is 235 g/mol. The summed E-state index contributed by atoms with van der Waals surface area (Å²) in [5, 5.41) is 20.2. The van der Waals surface area contributed by atoms with Crippen molar-refractivity contribution in [2.45, 2.75) is 6.42 Å². The van der Waals surface area contributed by atoms with E-state index >= 15 is 0 Å². The van der Waals surface area contributed by atoms with Gasteiger partial charge in [0, 0.05) is 5.69 Å². The van der Waals surface area contributed by atoms with Gasteiger partial charge in [-0.05, 0) is 36.0 Å². The molecular formula is C10H9N3O2S. The van der Waals surface area contributed by atoms with Crippen molar-refractivity contribution in [2.24, 2.45) is 5.73 Å². The number of carboxylic acids is 1. The van der Waals surface area contributed by atoms with Crippen LogP contribution in [0.5, 0.6) is 0 Å². The Hall–Kier alpha value is -2.13. The Labute approximate surface area is 97.5 Å². The average Bonchev–Trinajstić information content (AvgIpc) is 2.16. The van der Waals surface area contributed by atoms with E-state index in [4.69, 9.17) is 16.1 Å². The molecule has 0 radical (unpaired) electrons. The zero-order chi connectivity index (χ0) is 12.1. The summed E-state index contributed by atoms with van der Waals surface area (Å²) in [5.41, 5.74) is 6.61. The van der Waals surface area contributed by atoms with Crippen LogP contribution in [0.25, 0.3) is 0 Å². The summed E-state index contributed by atoms with van der Waals surface area (Å²) >= 11 is 4.66. The standard InChI is InChI=1S/C10H9N3O2S/c11-5-6-1-2-8(13-10(12)16)3-7(6)4-9(14)15/h1-3H,4H2,(H,14,15)(H3,12,13,16). The fourth-order valence-corrected chi connectivity index (χ4v) is 1.35. The lowest BCUT2D eigenvalue weighted by Crippen LogP contribution is -2.19. The number of carboxylic acid groups (broad SMARTS) is 1. The fraction of sp³-hybridized carbons (Fsp3) is 0.100. The van der Waals surface area contributed by atoms with Gasteiger partial charge in [0.15, 0.2) is 5.11 Å². The number of nitrogens with one attached hydrogen (secondary N) is 1. The Kier molecular flexibility index (Phi) is 3.80. The third-order valence-electron chi connectivity index (χ3n) is 1.83. The number of hydrogen-bond acceptors (Lipinski definition) is 3. The topological polar surface area (TPSA) is 99.1 Å². The van der Waals surface area contributed by atoms with Crippen LogP contribution in [0, 0.1) is 11.3 Å². The first-order valence-electron chi connectivity index (χ1n) is 4.34. The predicted molar refractivity (Wildman–Crippen MR) is 62.9 cm³/mol. The van der Waals surface area contributed by atoms with Crippen molar-refractivity contribution < 1.29 is 9.90 Å². The van der Waals surface area contributed by atoms with Gasteiger partial charge in [0.1, 0.15) is 0 Å². The van der Waals surface area contributed by atoms with Gasteiger partial charge in [0.2, 0.25) is 0 Å². The van der Waals surface area contributed by atoms with Crippen molar-refractivity contribution in [1.29, 1.82) is 5.26 Å². The molecule has 0 heterocycles. The van der Waals surface area contributed by atoms with Crippen LogP contribution in [0.1, 0.15) is 11.1 Å². The summed E-state index contributed by atoms with van der Waals surface area (Å²) in [4.78, 5) is 10.6. The number of hydrogen-bond donors (Lipinski definition) is 3. The van der Waals surface area contributed by atoms with Crippen LogP contribution in [-0.4, -0.2) is 16.2 Å². The van der Waals surface area contributed by atoms with E-state index in [0.29, 0.717) is 16.8 Å². The summed E-state index contributed by atoms with van der Waals surface area (Å²) in [6.45, 7) is 0. The molecule has 0 saturated carbocycles. The molecule has 82 valence electrons. The first-order chi connectivity index (χ1) is 7.52. The minimum atomic E-state index is -0.996. The highest BCUT2D eigenvalue weighted by molar-refractivity contribution is 7.80. The van der Waals surface area contributed by atoms with Crippen LogP contribution in [0.3, 0.4) is 0 Å². The van der Waals surface area contributed by atoms with E-state index in [0.717, 1.165) is 0 Å². The molecule has 0 unspecified atom stereocenters. The normalized spacial score (nSPS) is 9.19. The highest BCUT2D eigenvalue weighted by Crippen LogP contribution is 2.16. The maximum absolute atomic E-state index is 10.6. The highest BCUT2D eigenvalue weighted by Gasteiger charge is 2.07. The van der Waals surface area contributed by atoms with E-state index in [1.165, 1.54) is 6.07 Å². The highest BCUT2D eigenvalue weighted by atomic mass is 32.1. The second-order valence-electron chi connectivity index (χ2n) is 3.04. The van der Waals surface area contributed by atoms with Gasteiger partial charge >= 0.3 is 5.97 Å². The number of nitrogens with two attached hydrogens (primary N) is 1. The van der Waals surface area contributed by atoms with Gasteiger partial charge in [-0.3, -0.25) is 4.79 Å². The number of nitrogens with zero attached hydrogens (tertiary/aromatic N) is 1. The third-order valence-corrected chi connectivity index (χ3v) is 1.94. The minimum Gasteiger partial charge on any atom is -0.481 e. The van der Waals surface area contributed by atoms with Crippen LogP contribution >= 0.6 is 12.2 Å². The van der Waals surface area contributed by atoms with Crippen LogP contribution in [-0.2, 0) is 11.2 Å². The number of nitriles is 1. The Morgan fingerprint density at radius 1 is 1.62 bits per heavy atom. The molecule has 6 heteroatoms. The Morgan fingerprint density at radius 3 is 2.81 bits per heavy atom. The van der Waals surface area contributed by atoms with Gasteiger partial charge in [-0.15, -0.1) is 0 Å². The summed E-state index contributed by atoms with van der Waals surface area (Å²) in [6, 6.07) is 6.61. The molecule has 0 aliphatic rings. The summed E-state index contributed by atoms with van der Waals surface area (Å²) in [7, 11) is 0. The van der Waals surface area contributed by atoms with Crippen molar-refractivity contribution in [2.75, 3.05) is 5.32 Å². The lowest BCUT2D eigenvalue weighted by atomic mass is 10.0. The Balaban J connectivity index is 3.06. The maximum Gasteiger partial charge on any atom is 0.307 e. The van der Waals surface area contributed by atoms with Crippen molar-refractivity contribution in [3.05, 3.63) is 29.3 Å². The Morgan fingerprint density at radius 2 is 2.31 bits per heavy atom. The molecule has 0 aromatic heterocycles. The largest absolute Gasteiger partial charge is 0.481 e. The first kappa shape index (κ1) is 11.9. The van der Waals surface area contributed by atoms with E-state index in [1.807, 2.05) is 6.07 Å². The van der Waals surface area contributed by atoms with Gasteiger partial charge in [-0.25, -0.2) is 0 Å². The number of anilines is 1. The second kappa shape index (κ2) is 5.09. The molecule has 0 atom stereocenters. The minimum absolute atomic E-state index is 0.0889. The number of benzene rings is 1. The lowest BCUT2D eigenvalue weighted by molar-refractivity contribution is -0.136. The molecule has 5 nitrogen and oxygen atoms in total. The first-order valence-corrected chi connectivity index (χ1v) is 4.75. The lowest BCUT2D eigenvalue weighted by Gasteiger charge is -2.06. The summed E-state index contributed by atoms with van der Waals surface area (Å²) < 4.78 is 0. The smallest absolute Gasteiger partial charge is 0.307 e. The van der Waals surface area contributed by atoms with E-state index in [9.17, 15) is 4.79 Å². The third kappa shape index (κ3) is 3.22. The molecule has 16 heavy (non-hydrogen) atoms. The van der Waals surface area contributed by atoms with Crippen molar-refractivity contribution in [1.82, 2.24) is 0 Å². The van der Waals surface area contributed by atoms with Crippen LogP contribution in [0.4, 0.5) is 5.69 Å². The van der Waals surface area contributed by atoms with Gasteiger partial charge < -0.3 is 16.2 Å². The molecule has 0 aliphatic carbocycles. The molecule has 1 aromatic carbocycles. The Bertz CT molecular complexity index is 479. The van der Waals surface area contributed by atoms with Crippen LogP contribution in [0.15, 0.2) is 18.2 Å². The van der Waals surface area contributed by atoms with Gasteiger partial charge in [-0.2, -0.15) is 5.26 Å². The zero-order valence-electron chi connectivity index (χ0n) is 8.23. The number of rotatable bonds is 3. The number of thiocarbonyl (C=S) groups is 1. The molecule has 0 bridgehead atoms. The molecule has 1 rings (SSSR count). The van der Waals surface area contributed by atoms with E-state index in [-0.39, 0.29) is 11.5 Å². The molecule has 0 aliphatic heterocycles. The molecule has 0 amide bonds. The fourth-order valence-electron chi connectivity index (χ4n) is 1.23.